The Balaban J connectivity index is -0.000000191. The highest BCUT2D eigenvalue weighted by Crippen LogP contribution is 2.21. The van der Waals surface area contributed by atoms with Gasteiger partial charge < -0.3 is 23.9 Å². The van der Waals surface area contributed by atoms with E-state index in [4.69, 9.17) is 16.9 Å². The van der Waals surface area contributed by atoms with Gasteiger partial charge >= 0.3 is 5.69 Å². The molecule has 2 rings (SSSR count). The molecule has 182 valence electrons. The summed E-state index contributed by atoms with van der Waals surface area (Å²) >= 11 is 3.05. The van der Waals surface area contributed by atoms with Crippen molar-refractivity contribution in [1.82, 2.24) is 0 Å². The average molecular weight is 530 g/mol. The number of hydrogen-bond donors (Lipinski definition) is 2. The summed E-state index contributed by atoms with van der Waals surface area (Å²) in [6.07, 6.45) is 2.06. The normalized spacial score (nSPS) is 10.6. The van der Waals surface area contributed by atoms with E-state index in [9.17, 15) is 13.6 Å². The van der Waals surface area contributed by atoms with Gasteiger partial charge in [-0.3, -0.25) is 4.79 Å². The summed E-state index contributed by atoms with van der Waals surface area (Å²) in [6.45, 7) is 3.45. The number of thioether (sulfide) groups is 2. The fourth-order valence-electron chi connectivity index (χ4n) is 1.65. The topological polar surface area (TPSA) is 97.3 Å². The summed E-state index contributed by atoms with van der Waals surface area (Å²) < 4.78 is 25.4. The van der Waals surface area contributed by atoms with Crippen LogP contribution in [0.25, 0.3) is 4.98 Å². The van der Waals surface area contributed by atoms with E-state index in [0.717, 1.165) is 5.75 Å². The Bertz CT molecular complexity index is 796. The molecule has 0 radical (unpaired) electrons. The lowest BCUT2D eigenvalue weighted by Gasteiger charge is -2.07. The molecule has 2 aromatic carbocycles. The molecule has 0 aliphatic rings. The van der Waals surface area contributed by atoms with Crippen molar-refractivity contribution in [2.45, 2.75) is 38.3 Å². The van der Waals surface area contributed by atoms with Crippen molar-refractivity contribution >= 4 is 47.4 Å². The number of benzene rings is 2. The molecule has 0 aliphatic heterocycles. The number of hydrogen-bond acceptors (Lipinski definition) is 6. The molecule has 0 saturated heterocycles. The van der Waals surface area contributed by atoms with Crippen LogP contribution in [0.5, 0.6) is 0 Å². The second-order valence-corrected chi connectivity index (χ2v) is 7.92. The number of halogens is 4. The largest absolute Gasteiger partial charge is 1.00 e. The van der Waals surface area contributed by atoms with Crippen LogP contribution < -0.4 is 23.9 Å². The molecule has 5 nitrogen and oxygen atoms in total. The van der Waals surface area contributed by atoms with Crippen LogP contribution in [-0.4, -0.2) is 35.6 Å². The van der Waals surface area contributed by atoms with E-state index in [1.165, 1.54) is 43.0 Å². The van der Waals surface area contributed by atoms with Crippen LogP contribution in [0.1, 0.15) is 21.3 Å². The zero-order chi connectivity index (χ0) is 22.2. The number of carbonyl (C=O) groups is 1. The highest BCUT2D eigenvalue weighted by atomic mass is 35.5. The Morgan fingerprint density at radius 1 is 1.06 bits per heavy atom. The van der Waals surface area contributed by atoms with Gasteiger partial charge in [-0.25, -0.2) is 4.39 Å². The third kappa shape index (κ3) is 18.2. The number of carbonyl (C=O) groups excluding carboxylic acids is 1. The van der Waals surface area contributed by atoms with Gasteiger partial charge in [0.1, 0.15) is 11.6 Å². The second-order valence-electron chi connectivity index (χ2n) is 5.94. The fraction of sp³-hybridized carbons (Fsp3) is 0.381. The summed E-state index contributed by atoms with van der Waals surface area (Å²) in [6, 6.07) is 12.0. The maximum Gasteiger partial charge on any atom is 0.420 e. The first-order chi connectivity index (χ1) is 13.7. The molecule has 0 aromatic heterocycles. The lowest BCUT2D eigenvalue weighted by molar-refractivity contribution is -0.117. The molecule has 4 N–H and O–H groups in total. The van der Waals surface area contributed by atoms with Gasteiger partial charge in [0.15, 0.2) is 4.98 Å². The van der Waals surface area contributed by atoms with Gasteiger partial charge in [0.2, 0.25) is 11.2 Å². The van der Waals surface area contributed by atoms with Crippen molar-refractivity contribution in [2.24, 2.45) is 11.5 Å². The number of diazo groups is 1. The Morgan fingerprint density at radius 3 is 1.91 bits per heavy atom. The summed E-state index contributed by atoms with van der Waals surface area (Å²) in [5, 5.41) is 8.10. The van der Waals surface area contributed by atoms with Crippen LogP contribution in [0.3, 0.4) is 0 Å². The summed E-state index contributed by atoms with van der Waals surface area (Å²) in [5.74, 6) is 0.623. The average Bonchev–Trinajstić information content (AvgIpc) is 2.68. The number of nitrogens with two attached hydrogens (primary N) is 2. The first kappa shape index (κ1) is 37.9. The van der Waals surface area contributed by atoms with E-state index >= 15 is 0 Å². The number of nitrogens with zero attached hydrogens (tertiary/aromatic N) is 2. The van der Waals surface area contributed by atoms with Gasteiger partial charge in [-0.1, -0.05) is 31.7 Å². The molecule has 32 heavy (non-hydrogen) atoms. The number of ketones is 1. The van der Waals surface area contributed by atoms with Gasteiger partial charge in [0.05, 0.1) is 6.04 Å². The quantitative estimate of drug-likeness (QED) is 0.441. The van der Waals surface area contributed by atoms with Gasteiger partial charge in [0.25, 0.3) is 0 Å². The van der Waals surface area contributed by atoms with E-state index < -0.39 is 11.9 Å². The minimum Gasteiger partial charge on any atom is -1.00 e. The van der Waals surface area contributed by atoms with Crippen LogP contribution in [0.2, 0.25) is 0 Å². The molecule has 0 amide bonds. The maximum absolute atomic E-state index is 13.1. The monoisotopic (exact) mass is 528 g/mol. The van der Waals surface area contributed by atoms with Gasteiger partial charge in [-0.15, -0.1) is 24.2 Å². The lowest BCUT2D eigenvalue weighted by atomic mass is 10.3. The van der Waals surface area contributed by atoms with Crippen LogP contribution in [0.15, 0.2) is 53.4 Å². The highest BCUT2D eigenvalue weighted by Gasteiger charge is 2.10. The van der Waals surface area contributed by atoms with Crippen molar-refractivity contribution in [1.29, 1.82) is 5.39 Å². The minimum absolute atomic E-state index is 0. The Morgan fingerprint density at radius 2 is 1.56 bits per heavy atom. The Hall–Kier alpha value is -1.41. The van der Waals surface area contributed by atoms with E-state index in [-0.39, 0.29) is 49.5 Å². The van der Waals surface area contributed by atoms with Crippen molar-refractivity contribution in [3.8, 4) is 0 Å². The Labute approximate surface area is 210 Å². The van der Waals surface area contributed by atoms with Crippen molar-refractivity contribution in [2.75, 3.05) is 17.8 Å². The van der Waals surface area contributed by atoms with E-state index in [0.29, 0.717) is 16.7 Å². The van der Waals surface area contributed by atoms with E-state index in [1.54, 1.807) is 36.0 Å². The molecule has 2 aromatic rings. The first-order valence-electron chi connectivity index (χ1n) is 8.70. The van der Waals surface area contributed by atoms with Crippen molar-refractivity contribution in [3.05, 3.63) is 65.1 Å². The predicted molar refractivity (Wildman–Crippen MR) is 133 cm³/mol. The first-order valence-corrected chi connectivity index (χ1v) is 11.1. The van der Waals surface area contributed by atoms with Crippen LogP contribution in [0.4, 0.5) is 14.5 Å². The summed E-state index contributed by atoms with van der Waals surface area (Å²) in [7, 11) is 0. The zero-order valence-corrected chi connectivity index (χ0v) is 20.7. The van der Waals surface area contributed by atoms with Crippen LogP contribution in [0, 0.1) is 17.0 Å². The third-order valence-electron chi connectivity index (χ3n) is 3.17. The summed E-state index contributed by atoms with van der Waals surface area (Å²) in [5.41, 5.74) is 10.9. The van der Waals surface area contributed by atoms with E-state index in [1.807, 2.05) is 6.92 Å². The second kappa shape index (κ2) is 22.8. The standard InChI is InChI=1S/C10H12FNOS.C6H4FN2.C4H11NS.CH4.2ClH/c1-7(13)9(12)6-14-10-5-3-2-4-8(10)11;7-5-3-1-2-4-6(5)9-8;1-4(5)3-6-2;;;/h2-5,9H,6,12H2,1H3;1-4H;4H,3,5H2,1-2H3;1H4;2*1H/q;+1;;;;/p-1. The smallest absolute Gasteiger partial charge is 0.420 e. The van der Waals surface area contributed by atoms with E-state index in [2.05, 4.69) is 11.2 Å². The molecule has 2 unspecified atom stereocenters. The molecular weight excluding hydrogens is 497 g/mol. The molecule has 11 heteroatoms. The summed E-state index contributed by atoms with van der Waals surface area (Å²) in [4.78, 5) is 14.0. The predicted octanol–water partition coefficient (Wildman–Crippen LogP) is 2.90. The molecule has 0 saturated carbocycles. The molecule has 2 atom stereocenters. The molecule has 0 fully saturated rings. The lowest BCUT2D eigenvalue weighted by Crippen LogP contribution is -3.00. The molecule has 0 bridgehead atoms. The van der Waals surface area contributed by atoms with Crippen molar-refractivity contribution in [3.63, 3.8) is 0 Å². The SMILES string of the molecule is C.CC(=O)C(N)CSc1ccccc1F.CSCC(C)N.Cl.N#[N+]c1ccccc1F.[Cl-]. The van der Waals surface area contributed by atoms with Crippen LogP contribution in [-0.2, 0) is 4.79 Å². The number of rotatable bonds is 6. The maximum atomic E-state index is 13.1. The van der Waals surface area contributed by atoms with Gasteiger partial charge in [-0.05, 0) is 38.3 Å². The van der Waals surface area contributed by atoms with Crippen molar-refractivity contribution < 1.29 is 26.0 Å². The number of Topliss-reactive ketones (excluding diaryl/α,β-unsaturated/α-hetero) is 1. The van der Waals surface area contributed by atoms with Gasteiger partial charge in [-0.2, -0.15) is 16.2 Å². The zero-order valence-electron chi connectivity index (χ0n) is 17.5. The molecule has 0 aliphatic carbocycles. The fourth-order valence-corrected chi connectivity index (χ4v) is 3.15. The molecular formula is C21H32Cl2F2N4OS2. The van der Waals surface area contributed by atoms with Gasteiger partial charge in [0, 0.05) is 28.5 Å². The third-order valence-corrected chi connectivity index (χ3v) is 5.19. The Kier molecular flexibility index (Phi) is 27.0. The minimum atomic E-state index is -0.514. The molecule has 0 spiro atoms. The highest BCUT2D eigenvalue weighted by molar-refractivity contribution is 7.99. The molecule has 0 heterocycles. The van der Waals surface area contributed by atoms with Crippen LogP contribution >= 0.6 is 35.9 Å².